The fourth-order valence-corrected chi connectivity index (χ4v) is 2.85. The van der Waals surface area contributed by atoms with Gasteiger partial charge in [0.15, 0.2) is 0 Å². The Hall–Kier alpha value is -2.30. The minimum atomic E-state index is -0.866. The molecule has 1 fully saturated rings. The molecular formula is C18H24N2O3. The molecule has 1 saturated carbocycles. The fraction of sp³-hybridized carbons (Fsp3) is 0.444. The van der Waals surface area contributed by atoms with E-state index in [1.54, 1.807) is 6.08 Å². The highest BCUT2D eigenvalue weighted by molar-refractivity contribution is 5.90. The van der Waals surface area contributed by atoms with Crippen molar-refractivity contribution in [2.75, 3.05) is 6.54 Å². The monoisotopic (exact) mass is 316 g/mol. The average molecular weight is 316 g/mol. The summed E-state index contributed by atoms with van der Waals surface area (Å²) in [6.45, 7) is 4.18. The summed E-state index contributed by atoms with van der Waals surface area (Å²) in [5.41, 5.74) is 0.0473. The molecular weight excluding hydrogens is 292 g/mol. The maximum Gasteiger partial charge on any atom is 0.408 e. The fourth-order valence-electron chi connectivity index (χ4n) is 2.85. The van der Waals surface area contributed by atoms with E-state index in [1.807, 2.05) is 30.3 Å². The molecule has 0 aromatic heterocycles. The van der Waals surface area contributed by atoms with Gasteiger partial charge in [0.1, 0.15) is 12.1 Å². The van der Waals surface area contributed by atoms with E-state index in [1.165, 1.54) is 0 Å². The van der Waals surface area contributed by atoms with Crippen LogP contribution in [0.15, 0.2) is 43.0 Å². The van der Waals surface area contributed by atoms with Crippen LogP contribution in [0.2, 0.25) is 0 Å². The van der Waals surface area contributed by atoms with Crippen LogP contribution in [-0.2, 0) is 16.1 Å². The van der Waals surface area contributed by atoms with Gasteiger partial charge in [-0.3, -0.25) is 4.79 Å². The van der Waals surface area contributed by atoms with Gasteiger partial charge >= 0.3 is 6.09 Å². The number of alkyl carbamates (subject to hydrolysis) is 1. The van der Waals surface area contributed by atoms with Gasteiger partial charge < -0.3 is 15.4 Å². The molecule has 0 saturated heterocycles. The molecule has 1 aromatic carbocycles. The molecule has 2 N–H and O–H groups in total. The summed E-state index contributed by atoms with van der Waals surface area (Å²) in [5, 5.41) is 5.60. The molecule has 0 spiro atoms. The topological polar surface area (TPSA) is 67.4 Å². The number of hydrogen-bond acceptors (Lipinski definition) is 3. The molecule has 1 aliphatic rings. The van der Waals surface area contributed by atoms with E-state index in [2.05, 4.69) is 17.2 Å². The van der Waals surface area contributed by atoms with Gasteiger partial charge in [-0.2, -0.15) is 0 Å². The van der Waals surface area contributed by atoms with Crippen molar-refractivity contribution in [1.29, 1.82) is 0 Å². The number of ether oxygens (including phenoxy) is 1. The first kappa shape index (κ1) is 17.1. The van der Waals surface area contributed by atoms with Crippen LogP contribution < -0.4 is 10.6 Å². The highest BCUT2D eigenvalue weighted by atomic mass is 16.5. The van der Waals surface area contributed by atoms with Gasteiger partial charge in [0, 0.05) is 6.54 Å². The Balaban J connectivity index is 1.95. The van der Waals surface area contributed by atoms with Crippen LogP contribution in [0.3, 0.4) is 0 Å². The molecule has 5 nitrogen and oxygen atoms in total. The molecule has 23 heavy (non-hydrogen) atoms. The SMILES string of the molecule is C=CCNC(=O)C1(NC(=O)OCc2ccccc2)CCCCC1. The van der Waals surface area contributed by atoms with Gasteiger partial charge in [0.25, 0.3) is 0 Å². The summed E-state index contributed by atoms with van der Waals surface area (Å²) in [5.74, 6) is -0.159. The van der Waals surface area contributed by atoms with Crippen molar-refractivity contribution >= 4 is 12.0 Å². The molecule has 1 aromatic rings. The van der Waals surface area contributed by atoms with Gasteiger partial charge in [-0.05, 0) is 18.4 Å². The smallest absolute Gasteiger partial charge is 0.408 e. The molecule has 0 atom stereocenters. The van der Waals surface area contributed by atoms with E-state index in [-0.39, 0.29) is 12.5 Å². The molecule has 0 unspecified atom stereocenters. The van der Waals surface area contributed by atoms with E-state index >= 15 is 0 Å². The summed E-state index contributed by atoms with van der Waals surface area (Å²) < 4.78 is 5.26. The summed E-state index contributed by atoms with van der Waals surface area (Å²) in [4.78, 5) is 24.6. The van der Waals surface area contributed by atoms with Crippen LogP contribution in [-0.4, -0.2) is 24.1 Å². The van der Waals surface area contributed by atoms with Gasteiger partial charge in [-0.15, -0.1) is 6.58 Å². The minimum absolute atomic E-state index is 0.159. The van der Waals surface area contributed by atoms with Crippen LogP contribution in [0, 0.1) is 0 Å². The zero-order valence-electron chi connectivity index (χ0n) is 13.3. The van der Waals surface area contributed by atoms with Crippen molar-refractivity contribution in [3.8, 4) is 0 Å². The number of nitrogens with one attached hydrogen (secondary N) is 2. The van der Waals surface area contributed by atoms with Crippen molar-refractivity contribution in [3.05, 3.63) is 48.6 Å². The van der Waals surface area contributed by atoms with E-state index in [0.29, 0.717) is 19.4 Å². The summed E-state index contributed by atoms with van der Waals surface area (Å²) in [6, 6.07) is 9.47. The largest absolute Gasteiger partial charge is 0.445 e. The molecule has 5 heteroatoms. The summed E-state index contributed by atoms with van der Waals surface area (Å²) in [6.07, 6.45) is 5.26. The summed E-state index contributed by atoms with van der Waals surface area (Å²) >= 11 is 0. The third kappa shape index (κ3) is 4.84. The first-order valence-corrected chi connectivity index (χ1v) is 8.04. The van der Waals surface area contributed by atoms with Gasteiger partial charge in [0.2, 0.25) is 5.91 Å². The summed E-state index contributed by atoms with van der Waals surface area (Å²) in [7, 11) is 0. The minimum Gasteiger partial charge on any atom is -0.445 e. The first-order valence-electron chi connectivity index (χ1n) is 8.04. The van der Waals surface area contributed by atoms with Crippen LogP contribution >= 0.6 is 0 Å². The van der Waals surface area contributed by atoms with Gasteiger partial charge in [0.05, 0.1) is 0 Å². The van der Waals surface area contributed by atoms with Crippen molar-refractivity contribution in [2.45, 2.75) is 44.2 Å². The van der Waals surface area contributed by atoms with Crippen LogP contribution in [0.1, 0.15) is 37.7 Å². The Labute approximate surface area is 137 Å². The lowest BCUT2D eigenvalue weighted by Crippen LogP contribution is -2.59. The van der Waals surface area contributed by atoms with Crippen molar-refractivity contribution in [2.24, 2.45) is 0 Å². The normalized spacial score (nSPS) is 16.2. The van der Waals surface area contributed by atoms with Crippen molar-refractivity contribution < 1.29 is 14.3 Å². The van der Waals surface area contributed by atoms with Crippen LogP contribution in [0.25, 0.3) is 0 Å². The maximum atomic E-state index is 12.5. The first-order chi connectivity index (χ1) is 11.2. The van der Waals surface area contributed by atoms with Gasteiger partial charge in [-0.1, -0.05) is 55.7 Å². The number of hydrogen-bond donors (Lipinski definition) is 2. The second kappa shape index (κ2) is 8.36. The third-order valence-electron chi connectivity index (χ3n) is 4.10. The second-order valence-electron chi connectivity index (χ2n) is 5.83. The van der Waals surface area contributed by atoms with E-state index in [0.717, 1.165) is 24.8 Å². The second-order valence-corrected chi connectivity index (χ2v) is 5.83. The number of carbonyl (C=O) groups excluding carboxylic acids is 2. The highest BCUT2D eigenvalue weighted by Gasteiger charge is 2.41. The number of carbonyl (C=O) groups is 2. The molecule has 2 amide bonds. The standard InChI is InChI=1S/C18H24N2O3/c1-2-13-19-16(21)18(11-7-4-8-12-18)20-17(22)23-14-15-9-5-3-6-10-15/h2-3,5-6,9-10H,1,4,7-8,11-14H2,(H,19,21)(H,20,22). The quantitative estimate of drug-likeness (QED) is 0.793. The Kier molecular flexibility index (Phi) is 6.20. The maximum absolute atomic E-state index is 12.5. The molecule has 0 aliphatic heterocycles. The van der Waals surface area contributed by atoms with Crippen molar-refractivity contribution in [1.82, 2.24) is 10.6 Å². The predicted molar refractivity (Wildman–Crippen MR) is 88.8 cm³/mol. The Morgan fingerprint density at radius 1 is 1.17 bits per heavy atom. The highest BCUT2D eigenvalue weighted by Crippen LogP contribution is 2.28. The molecule has 124 valence electrons. The van der Waals surface area contributed by atoms with E-state index in [4.69, 9.17) is 4.74 Å². The number of amides is 2. The van der Waals surface area contributed by atoms with Crippen LogP contribution in [0.5, 0.6) is 0 Å². The Bertz CT molecular complexity index is 536. The molecule has 2 rings (SSSR count). The van der Waals surface area contributed by atoms with E-state index in [9.17, 15) is 9.59 Å². The zero-order valence-corrected chi connectivity index (χ0v) is 13.3. The van der Waals surface area contributed by atoms with Crippen LogP contribution in [0.4, 0.5) is 4.79 Å². The number of rotatable bonds is 6. The predicted octanol–water partition coefficient (Wildman–Crippen LogP) is 2.92. The van der Waals surface area contributed by atoms with E-state index < -0.39 is 11.6 Å². The molecule has 0 heterocycles. The lowest BCUT2D eigenvalue weighted by molar-refractivity contribution is -0.128. The lowest BCUT2D eigenvalue weighted by atomic mass is 9.81. The average Bonchev–Trinajstić information content (AvgIpc) is 2.59. The molecule has 0 bridgehead atoms. The zero-order chi connectivity index (χ0) is 16.5. The Morgan fingerprint density at radius 3 is 2.52 bits per heavy atom. The Morgan fingerprint density at radius 2 is 1.87 bits per heavy atom. The third-order valence-corrected chi connectivity index (χ3v) is 4.10. The lowest BCUT2D eigenvalue weighted by Gasteiger charge is -2.36. The van der Waals surface area contributed by atoms with Crippen molar-refractivity contribution in [3.63, 3.8) is 0 Å². The van der Waals surface area contributed by atoms with Gasteiger partial charge in [-0.25, -0.2) is 4.79 Å². The molecule has 0 radical (unpaired) electrons. The molecule has 1 aliphatic carbocycles. The number of benzene rings is 1.